The largest absolute Gasteiger partial charge is 0.497 e. The summed E-state index contributed by atoms with van der Waals surface area (Å²) in [5.74, 6) is -0.396. The number of carbonyl (C=O) groups excluding carboxylic acids is 2. The molecule has 0 aliphatic carbocycles. The van der Waals surface area contributed by atoms with Gasteiger partial charge in [-0.15, -0.1) is 0 Å². The van der Waals surface area contributed by atoms with Crippen LogP contribution in [0.3, 0.4) is 0 Å². The lowest BCUT2D eigenvalue weighted by Gasteiger charge is -2.34. The van der Waals surface area contributed by atoms with Gasteiger partial charge in [-0.1, -0.05) is 6.42 Å². The second-order valence-corrected chi connectivity index (χ2v) is 7.68. The van der Waals surface area contributed by atoms with Crippen LogP contribution in [0.4, 0.5) is 5.69 Å². The second-order valence-electron chi connectivity index (χ2n) is 6.90. The highest BCUT2D eigenvalue weighted by Crippen LogP contribution is 2.29. The maximum atomic E-state index is 12.4. The zero-order valence-electron chi connectivity index (χ0n) is 16.8. The molecule has 2 heterocycles. The predicted octanol–water partition coefficient (Wildman–Crippen LogP) is 3.05. The Bertz CT molecular complexity index is 819. The number of amides is 2. The number of nitrogens with one attached hydrogen (secondary N) is 2. The van der Waals surface area contributed by atoms with Crippen LogP contribution in [0.5, 0.6) is 11.5 Å². The highest BCUT2D eigenvalue weighted by Gasteiger charge is 2.25. The highest BCUT2D eigenvalue weighted by atomic mass is 32.1. The monoisotopic (exact) mass is 417 g/mol. The number of anilines is 1. The van der Waals surface area contributed by atoms with Gasteiger partial charge in [-0.25, -0.2) is 0 Å². The van der Waals surface area contributed by atoms with Crippen molar-refractivity contribution in [2.45, 2.75) is 25.3 Å². The van der Waals surface area contributed by atoms with E-state index in [0.29, 0.717) is 23.7 Å². The summed E-state index contributed by atoms with van der Waals surface area (Å²) in [5, 5.41) is 9.54. The van der Waals surface area contributed by atoms with Gasteiger partial charge in [0.05, 0.1) is 25.9 Å². The molecule has 1 fully saturated rings. The van der Waals surface area contributed by atoms with Gasteiger partial charge in [-0.2, -0.15) is 11.3 Å². The van der Waals surface area contributed by atoms with Gasteiger partial charge in [0.25, 0.3) is 0 Å². The van der Waals surface area contributed by atoms with Crippen molar-refractivity contribution in [3.63, 3.8) is 0 Å². The number of rotatable bonds is 7. The fraction of sp³-hybridized carbons (Fsp3) is 0.429. The maximum absolute atomic E-state index is 12.4. The smallest absolute Gasteiger partial charge is 0.313 e. The van der Waals surface area contributed by atoms with Crippen LogP contribution in [0.25, 0.3) is 0 Å². The molecular weight excluding hydrogens is 390 g/mol. The molecule has 1 aliphatic heterocycles. The molecule has 1 atom stereocenters. The fourth-order valence-corrected chi connectivity index (χ4v) is 4.22. The molecule has 1 aromatic heterocycles. The zero-order chi connectivity index (χ0) is 20.6. The van der Waals surface area contributed by atoms with Gasteiger partial charge >= 0.3 is 11.8 Å². The Morgan fingerprint density at radius 3 is 2.55 bits per heavy atom. The molecule has 0 saturated carbocycles. The van der Waals surface area contributed by atoms with Crippen molar-refractivity contribution in [3.8, 4) is 11.5 Å². The number of methoxy groups -OCH3 is 2. The van der Waals surface area contributed by atoms with Gasteiger partial charge in [-0.05, 0) is 60.5 Å². The minimum atomic E-state index is -0.737. The van der Waals surface area contributed by atoms with E-state index in [1.165, 1.54) is 26.2 Å². The molecule has 0 radical (unpaired) electrons. The SMILES string of the molecule is COc1ccc(OC)c(NC(=O)C(=O)NCC(c2ccsc2)N2CCCCC2)c1. The number of hydrogen-bond donors (Lipinski definition) is 2. The summed E-state index contributed by atoms with van der Waals surface area (Å²) < 4.78 is 10.4. The summed E-state index contributed by atoms with van der Waals surface area (Å²) in [6, 6.07) is 7.17. The van der Waals surface area contributed by atoms with Crippen molar-refractivity contribution >= 4 is 28.8 Å². The molecule has 0 spiro atoms. The third-order valence-electron chi connectivity index (χ3n) is 5.08. The summed E-state index contributed by atoms with van der Waals surface area (Å²) in [7, 11) is 3.03. The van der Waals surface area contributed by atoms with Crippen molar-refractivity contribution in [1.82, 2.24) is 10.2 Å². The summed E-state index contributed by atoms with van der Waals surface area (Å²) in [6.07, 6.45) is 3.55. The average molecular weight is 418 g/mol. The predicted molar refractivity (Wildman–Crippen MR) is 114 cm³/mol. The minimum Gasteiger partial charge on any atom is -0.497 e. The van der Waals surface area contributed by atoms with Crippen molar-refractivity contribution in [2.75, 3.05) is 39.2 Å². The minimum absolute atomic E-state index is 0.0738. The van der Waals surface area contributed by atoms with Crippen LogP contribution in [0.2, 0.25) is 0 Å². The first-order chi connectivity index (χ1) is 14.1. The molecule has 0 bridgehead atoms. The molecule has 2 N–H and O–H groups in total. The molecule has 156 valence electrons. The van der Waals surface area contributed by atoms with Crippen LogP contribution in [-0.2, 0) is 9.59 Å². The summed E-state index contributed by atoms with van der Waals surface area (Å²) in [6.45, 7) is 2.39. The number of benzene rings is 1. The Kier molecular flexibility index (Phi) is 7.48. The lowest BCUT2D eigenvalue weighted by atomic mass is 10.0. The van der Waals surface area contributed by atoms with Crippen LogP contribution < -0.4 is 20.1 Å². The van der Waals surface area contributed by atoms with E-state index >= 15 is 0 Å². The van der Waals surface area contributed by atoms with Gasteiger partial charge in [0.15, 0.2) is 0 Å². The molecule has 1 saturated heterocycles. The highest BCUT2D eigenvalue weighted by molar-refractivity contribution is 7.08. The quantitative estimate of drug-likeness (QED) is 0.677. The fourth-order valence-electron chi connectivity index (χ4n) is 3.51. The molecule has 7 nitrogen and oxygen atoms in total. The Morgan fingerprint density at radius 1 is 1.10 bits per heavy atom. The molecule has 1 unspecified atom stereocenters. The Morgan fingerprint density at radius 2 is 1.90 bits per heavy atom. The standard InChI is InChI=1S/C21H27N3O4S/c1-27-16-6-7-19(28-2)17(12-16)23-21(26)20(25)22-13-18(15-8-11-29-14-15)24-9-4-3-5-10-24/h6-8,11-12,14,18H,3-5,9-10,13H2,1-2H3,(H,22,25)(H,23,26). The Hall–Kier alpha value is -2.58. The Labute approximate surface area is 175 Å². The van der Waals surface area contributed by atoms with E-state index < -0.39 is 11.8 Å². The summed E-state index contributed by atoms with van der Waals surface area (Å²) in [4.78, 5) is 27.3. The zero-order valence-corrected chi connectivity index (χ0v) is 17.6. The normalized spacial score (nSPS) is 15.4. The van der Waals surface area contributed by atoms with Crippen LogP contribution in [0.1, 0.15) is 30.9 Å². The number of ether oxygens (including phenoxy) is 2. The second kappa shape index (κ2) is 10.3. The lowest BCUT2D eigenvalue weighted by molar-refractivity contribution is -0.136. The molecular formula is C21H27N3O4S. The first-order valence-electron chi connectivity index (χ1n) is 9.69. The number of likely N-dealkylation sites (tertiary alicyclic amines) is 1. The maximum Gasteiger partial charge on any atom is 0.313 e. The van der Waals surface area contributed by atoms with E-state index in [4.69, 9.17) is 9.47 Å². The third kappa shape index (κ3) is 5.48. The van der Waals surface area contributed by atoms with Gasteiger partial charge in [-0.3, -0.25) is 14.5 Å². The molecule has 3 rings (SSSR count). The van der Waals surface area contributed by atoms with E-state index in [1.807, 2.05) is 5.38 Å². The third-order valence-corrected chi connectivity index (χ3v) is 5.78. The van der Waals surface area contributed by atoms with Gasteiger partial charge in [0.1, 0.15) is 11.5 Å². The molecule has 1 aliphatic rings. The van der Waals surface area contributed by atoms with Crippen LogP contribution in [0.15, 0.2) is 35.0 Å². The van der Waals surface area contributed by atoms with Crippen LogP contribution in [0, 0.1) is 0 Å². The summed E-state index contributed by atoms with van der Waals surface area (Å²) >= 11 is 1.64. The first-order valence-corrected chi connectivity index (χ1v) is 10.6. The summed E-state index contributed by atoms with van der Waals surface area (Å²) in [5.41, 5.74) is 1.56. The van der Waals surface area contributed by atoms with Crippen LogP contribution in [-0.4, -0.2) is 50.6 Å². The number of thiophene rings is 1. The molecule has 1 aromatic carbocycles. The lowest BCUT2D eigenvalue weighted by Crippen LogP contribution is -2.43. The van der Waals surface area contributed by atoms with Gasteiger partial charge < -0.3 is 20.1 Å². The van der Waals surface area contributed by atoms with E-state index in [1.54, 1.807) is 29.5 Å². The van der Waals surface area contributed by atoms with E-state index in [-0.39, 0.29) is 6.04 Å². The number of carbonyl (C=O) groups is 2. The molecule has 2 aromatic rings. The first kappa shape index (κ1) is 21.1. The number of nitrogens with zero attached hydrogens (tertiary/aromatic N) is 1. The molecule has 29 heavy (non-hydrogen) atoms. The topological polar surface area (TPSA) is 79.9 Å². The van der Waals surface area contributed by atoms with Crippen molar-refractivity contribution in [1.29, 1.82) is 0 Å². The van der Waals surface area contributed by atoms with Crippen molar-refractivity contribution in [2.24, 2.45) is 0 Å². The Balaban J connectivity index is 1.63. The molecule has 8 heteroatoms. The van der Waals surface area contributed by atoms with Gasteiger partial charge in [0.2, 0.25) is 0 Å². The van der Waals surface area contributed by atoms with E-state index in [0.717, 1.165) is 25.9 Å². The number of hydrogen-bond acceptors (Lipinski definition) is 6. The van der Waals surface area contributed by atoms with E-state index in [2.05, 4.69) is 27.0 Å². The van der Waals surface area contributed by atoms with Crippen molar-refractivity contribution in [3.05, 3.63) is 40.6 Å². The van der Waals surface area contributed by atoms with Crippen LogP contribution >= 0.6 is 11.3 Å². The molecule has 2 amide bonds. The van der Waals surface area contributed by atoms with Crippen molar-refractivity contribution < 1.29 is 19.1 Å². The average Bonchev–Trinajstić information content (AvgIpc) is 3.29. The number of piperidine rings is 1. The van der Waals surface area contributed by atoms with E-state index in [9.17, 15) is 9.59 Å². The van der Waals surface area contributed by atoms with Gasteiger partial charge in [0, 0.05) is 12.6 Å².